The van der Waals surface area contributed by atoms with E-state index in [4.69, 9.17) is 9.47 Å². The van der Waals surface area contributed by atoms with Crippen molar-refractivity contribution in [1.82, 2.24) is 19.7 Å². The van der Waals surface area contributed by atoms with Crippen LogP contribution < -0.4 is 15.4 Å². The van der Waals surface area contributed by atoms with Gasteiger partial charge in [0.15, 0.2) is 11.9 Å². The van der Waals surface area contributed by atoms with Crippen molar-refractivity contribution in [3.63, 3.8) is 0 Å². The van der Waals surface area contributed by atoms with E-state index in [1.165, 1.54) is 6.33 Å². The number of nitrogens with one attached hydrogen (secondary N) is 2. The lowest BCUT2D eigenvalue weighted by molar-refractivity contribution is -0.0370. The molecule has 5 rings (SSSR count). The molecule has 174 valence electrons. The maximum absolute atomic E-state index is 12.4. The molecule has 9 heteroatoms. The minimum absolute atomic E-state index is 0.117. The molecule has 2 aromatic carbocycles. The molecule has 0 spiro atoms. The van der Waals surface area contributed by atoms with E-state index >= 15 is 0 Å². The van der Waals surface area contributed by atoms with E-state index in [1.807, 2.05) is 32.0 Å². The second kappa shape index (κ2) is 9.48. The van der Waals surface area contributed by atoms with Crippen LogP contribution in [0.25, 0.3) is 11.0 Å². The number of urea groups is 1. The molecular weight excluding hydrogens is 432 g/mol. The van der Waals surface area contributed by atoms with Gasteiger partial charge in [-0.3, -0.25) is 0 Å². The fraction of sp³-hybridized carbons (Fsp3) is 0.280. The Hall–Kier alpha value is -3.98. The number of carbonyl (C=O) groups is 1. The van der Waals surface area contributed by atoms with Crippen molar-refractivity contribution in [3.05, 3.63) is 66.1 Å². The highest BCUT2D eigenvalue weighted by atomic mass is 16.5. The van der Waals surface area contributed by atoms with Crippen molar-refractivity contribution < 1.29 is 14.3 Å². The number of hydrogen-bond acceptors (Lipinski definition) is 6. The minimum atomic E-state index is -0.308. The number of aromatic nitrogens is 4. The molecule has 0 bridgehead atoms. The van der Waals surface area contributed by atoms with Gasteiger partial charge < -0.3 is 20.1 Å². The average Bonchev–Trinajstić information content (AvgIpc) is 3.29. The summed E-state index contributed by atoms with van der Waals surface area (Å²) in [6.45, 7) is 4.72. The first-order valence-corrected chi connectivity index (χ1v) is 11.3. The molecule has 9 nitrogen and oxygen atoms in total. The van der Waals surface area contributed by atoms with E-state index in [9.17, 15) is 4.79 Å². The smallest absolute Gasteiger partial charge is 0.323 e. The van der Waals surface area contributed by atoms with Gasteiger partial charge in [-0.25, -0.2) is 19.4 Å². The van der Waals surface area contributed by atoms with Crippen molar-refractivity contribution >= 4 is 28.4 Å². The summed E-state index contributed by atoms with van der Waals surface area (Å²) < 4.78 is 13.6. The zero-order valence-electron chi connectivity index (χ0n) is 19.1. The minimum Gasteiger partial charge on any atom is -0.438 e. The predicted octanol–water partition coefficient (Wildman–Crippen LogP) is 5.58. The molecule has 0 radical (unpaired) electrons. The standard InChI is InChI=1S/C25H26N6O3/c1-16-6-5-7-21(17(16)2)30-25(32)29-18-9-11-19(12-10-18)34-24-20-14-28-31(23(20)26-15-27-24)22-8-3-4-13-33-22/h5-7,9-12,14-15,22H,3-4,8,13H2,1-2H3,(H2,29,30,32). The third kappa shape index (κ3) is 4.55. The van der Waals surface area contributed by atoms with Crippen LogP contribution in [0.2, 0.25) is 0 Å². The number of rotatable bonds is 5. The predicted molar refractivity (Wildman–Crippen MR) is 129 cm³/mol. The summed E-state index contributed by atoms with van der Waals surface area (Å²) in [4.78, 5) is 21.1. The van der Waals surface area contributed by atoms with Crippen LogP contribution >= 0.6 is 0 Å². The zero-order chi connectivity index (χ0) is 23.5. The maximum atomic E-state index is 12.4. The van der Waals surface area contributed by atoms with E-state index in [2.05, 4.69) is 25.7 Å². The SMILES string of the molecule is Cc1cccc(NC(=O)Nc2ccc(Oc3ncnc4c3cnn4C3CCCCO3)cc2)c1C. The second-order valence-corrected chi connectivity index (χ2v) is 8.28. The van der Waals surface area contributed by atoms with Crippen LogP contribution in [-0.4, -0.2) is 32.4 Å². The van der Waals surface area contributed by atoms with Crippen LogP contribution in [0.1, 0.15) is 36.6 Å². The van der Waals surface area contributed by atoms with Gasteiger partial charge in [-0.1, -0.05) is 12.1 Å². The van der Waals surface area contributed by atoms with Gasteiger partial charge in [-0.05, 0) is 74.6 Å². The number of amides is 2. The Labute approximate surface area is 197 Å². The molecule has 1 saturated heterocycles. The molecular formula is C25H26N6O3. The number of aryl methyl sites for hydroxylation is 1. The Morgan fingerprint density at radius 1 is 1.09 bits per heavy atom. The average molecular weight is 459 g/mol. The highest BCUT2D eigenvalue weighted by Gasteiger charge is 2.21. The van der Waals surface area contributed by atoms with Gasteiger partial charge in [0.1, 0.15) is 17.5 Å². The molecule has 1 fully saturated rings. The van der Waals surface area contributed by atoms with Gasteiger partial charge in [-0.2, -0.15) is 5.10 Å². The third-order valence-corrected chi connectivity index (χ3v) is 5.96. The normalized spacial score (nSPS) is 15.8. The monoisotopic (exact) mass is 458 g/mol. The highest BCUT2D eigenvalue weighted by molar-refractivity contribution is 6.00. The van der Waals surface area contributed by atoms with E-state index in [-0.39, 0.29) is 12.3 Å². The molecule has 0 aliphatic carbocycles. The molecule has 2 N–H and O–H groups in total. The van der Waals surface area contributed by atoms with Gasteiger partial charge in [-0.15, -0.1) is 0 Å². The fourth-order valence-electron chi connectivity index (χ4n) is 3.94. The maximum Gasteiger partial charge on any atom is 0.323 e. The van der Waals surface area contributed by atoms with E-state index in [0.29, 0.717) is 28.4 Å². The Balaban J connectivity index is 1.26. The third-order valence-electron chi connectivity index (χ3n) is 5.96. The van der Waals surface area contributed by atoms with Crippen LogP contribution in [0, 0.1) is 13.8 Å². The zero-order valence-corrected chi connectivity index (χ0v) is 19.1. The number of anilines is 2. The quantitative estimate of drug-likeness (QED) is 0.405. The van der Waals surface area contributed by atoms with Crippen LogP contribution in [-0.2, 0) is 4.74 Å². The molecule has 4 aromatic rings. The van der Waals surface area contributed by atoms with Gasteiger partial charge in [0.05, 0.1) is 6.20 Å². The van der Waals surface area contributed by atoms with E-state index < -0.39 is 0 Å². The molecule has 34 heavy (non-hydrogen) atoms. The summed E-state index contributed by atoms with van der Waals surface area (Å²) in [5.74, 6) is 1.00. The van der Waals surface area contributed by atoms with Crippen molar-refractivity contribution in [2.75, 3.05) is 17.2 Å². The van der Waals surface area contributed by atoms with Gasteiger partial charge in [0.25, 0.3) is 0 Å². The number of benzene rings is 2. The van der Waals surface area contributed by atoms with Gasteiger partial charge in [0, 0.05) is 18.0 Å². The van der Waals surface area contributed by atoms with Crippen LogP contribution in [0.15, 0.2) is 55.0 Å². The first-order chi connectivity index (χ1) is 16.6. The van der Waals surface area contributed by atoms with Crippen molar-refractivity contribution in [1.29, 1.82) is 0 Å². The largest absolute Gasteiger partial charge is 0.438 e. The van der Waals surface area contributed by atoms with Crippen LogP contribution in [0.3, 0.4) is 0 Å². The molecule has 1 aliphatic rings. The lowest BCUT2D eigenvalue weighted by Crippen LogP contribution is -2.20. The molecule has 2 aromatic heterocycles. The summed E-state index contributed by atoms with van der Waals surface area (Å²) >= 11 is 0. The second-order valence-electron chi connectivity index (χ2n) is 8.28. The fourth-order valence-corrected chi connectivity index (χ4v) is 3.94. The van der Waals surface area contributed by atoms with Crippen LogP contribution in [0.4, 0.5) is 16.2 Å². The summed E-state index contributed by atoms with van der Waals surface area (Å²) in [6, 6.07) is 12.6. The topological polar surface area (TPSA) is 103 Å². The molecule has 0 saturated carbocycles. The van der Waals surface area contributed by atoms with Gasteiger partial charge in [0.2, 0.25) is 5.88 Å². The van der Waals surface area contributed by atoms with Crippen molar-refractivity contribution in [2.45, 2.75) is 39.3 Å². The summed E-state index contributed by atoms with van der Waals surface area (Å²) in [5, 5.41) is 10.9. The Kier molecular flexibility index (Phi) is 6.09. The van der Waals surface area contributed by atoms with Crippen LogP contribution in [0.5, 0.6) is 11.6 Å². The number of fused-ring (bicyclic) bond motifs is 1. The summed E-state index contributed by atoms with van der Waals surface area (Å²) in [5.41, 5.74) is 4.26. The molecule has 1 unspecified atom stereocenters. The summed E-state index contributed by atoms with van der Waals surface area (Å²) in [7, 11) is 0. The number of carbonyl (C=O) groups excluding carboxylic acids is 1. The lowest BCUT2D eigenvalue weighted by Gasteiger charge is -2.22. The van der Waals surface area contributed by atoms with Crippen molar-refractivity contribution in [3.8, 4) is 11.6 Å². The molecule has 1 atom stereocenters. The molecule has 3 heterocycles. The van der Waals surface area contributed by atoms with Gasteiger partial charge >= 0.3 is 6.03 Å². The Morgan fingerprint density at radius 3 is 2.74 bits per heavy atom. The first kappa shape index (κ1) is 21.8. The molecule has 1 aliphatic heterocycles. The van der Waals surface area contributed by atoms with E-state index in [1.54, 1.807) is 35.1 Å². The Bertz CT molecular complexity index is 1310. The summed E-state index contributed by atoms with van der Waals surface area (Å²) in [6.07, 6.45) is 6.12. The number of hydrogen-bond donors (Lipinski definition) is 2. The first-order valence-electron chi connectivity index (χ1n) is 11.3. The van der Waals surface area contributed by atoms with Crippen molar-refractivity contribution in [2.24, 2.45) is 0 Å². The number of ether oxygens (including phenoxy) is 2. The van der Waals surface area contributed by atoms with E-state index in [0.717, 1.165) is 42.7 Å². The highest BCUT2D eigenvalue weighted by Crippen LogP contribution is 2.30. The lowest BCUT2D eigenvalue weighted by atomic mass is 10.1. The molecule has 2 amide bonds. The number of nitrogens with zero attached hydrogens (tertiary/aromatic N) is 4. The Morgan fingerprint density at radius 2 is 1.94 bits per heavy atom.